The quantitative estimate of drug-likeness (QED) is 0.724. The van der Waals surface area contributed by atoms with E-state index in [1.807, 2.05) is 13.8 Å². The summed E-state index contributed by atoms with van der Waals surface area (Å²) in [5, 5.41) is 3.17. The van der Waals surface area contributed by atoms with Gasteiger partial charge < -0.3 is 15.1 Å². The highest BCUT2D eigenvalue weighted by atomic mass is 16.2. The van der Waals surface area contributed by atoms with E-state index in [2.05, 4.69) is 5.32 Å². The van der Waals surface area contributed by atoms with E-state index in [9.17, 15) is 9.59 Å². The van der Waals surface area contributed by atoms with Crippen molar-refractivity contribution in [2.45, 2.75) is 13.8 Å². The fourth-order valence-corrected chi connectivity index (χ4v) is 1.80. The van der Waals surface area contributed by atoms with Gasteiger partial charge in [0.1, 0.15) is 0 Å². The molecule has 1 aliphatic rings. The highest BCUT2D eigenvalue weighted by Gasteiger charge is 2.31. The van der Waals surface area contributed by atoms with E-state index >= 15 is 0 Å². The summed E-state index contributed by atoms with van der Waals surface area (Å²) < 4.78 is 0. The van der Waals surface area contributed by atoms with Crippen LogP contribution in [-0.2, 0) is 9.59 Å². The molecule has 1 atom stereocenters. The first-order valence-corrected chi connectivity index (χ1v) is 6.17. The summed E-state index contributed by atoms with van der Waals surface area (Å²) in [4.78, 5) is 27.0. The van der Waals surface area contributed by atoms with Crippen molar-refractivity contribution in [1.29, 1.82) is 0 Å². The first-order valence-electron chi connectivity index (χ1n) is 6.17. The largest absolute Gasteiger partial charge is 0.347 e. The molecular weight excluding hydrogens is 218 g/mol. The summed E-state index contributed by atoms with van der Waals surface area (Å²) in [6, 6.07) is 0. The minimum Gasteiger partial charge on any atom is -0.347 e. The molecule has 17 heavy (non-hydrogen) atoms. The van der Waals surface area contributed by atoms with Crippen molar-refractivity contribution in [2.75, 3.05) is 40.3 Å². The van der Waals surface area contributed by atoms with Gasteiger partial charge in [0, 0.05) is 26.6 Å². The molecule has 0 radical (unpaired) electrons. The maximum absolute atomic E-state index is 12.2. The lowest BCUT2D eigenvalue weighted by atomic mass is 9.88. The lowest BCUT2D eigenvalue weighted by Gasteiger charge is -2.34. The summed E-state index contributed by atoms with van der Waals surface area (Å²) in [6.07, 6.45) is 0. The zero-order valence-corrected chi connectivity index (χ0v) is 11.2. The Morgan fingerprint density at radius 3 is 2.29 bits per heavy atom. The first-order chi connectivity index (χ1) is 7.97. The first kappa shape index (κ1) is 14.0. The molecule has 0 aromatic heterocycles. The van der Waals surface area contributed by atoms with Crippen LogP contribution in [0.15, 0.2) is 0 Å². The van der Waals surface area contributed by atoms with E-state index in [1.165, 1.54) is 4.90 Å². The number of nitrogens with one attached hydrogen (secondary N) is 1. The molecule has 98 valence electrons. The molecule has 5 heteroatoms. The van der Waals surface area contributed by atoms with Gasteiger partial charge in [-0.05, 0) is 25.9 Å². The number of hydrogen-bond donors (Lipinski definition) is 1. The predicted octanol–water partition coefficient (Wildman–Crippen LogP) is -0.221. The van der Waals surface area contributed by atoms with Crippen LogP contribution in [0.5, 0.6) is 0 Å². The molecule has 1 saturated heterocycles. The third kappa shape index (κ3) is 3.43. The standard InChI is InChI=1S/C12H23N3O2/c1-5-15(8-11(16)14(3)4)12(17)9(2)10-6-13-7-10/h9-10,13H,5-8H2,1-4H3. The molecule has 1 aliphatic heterocycles. The summed E-state index contributed by atoms with van der Waals surface area (Å²) in [5.74, 6) is 0.491. The second kappa shape index (κ2) is 6.00. The predicted molar refractivity (Wildman–Crippen MR) is 66.5 cm³/mol. The molecule has 0 spiro atoms. The number of hydrogen-bond acceptors (Lipinski definition) is 3. The smallest absolute Gasteiger partial charge is 0.241 e. The molecular formula is C12H23N3O2. The highest BCUT2D eigenvalue weighted by Crippen LogP contribution is 2.18. The third-order valence-corrected chi connectivity index (χ3v) is 3.43. The van der Waals surface area contributed by atoms with Crippen LogP contribution in [0, 0.1) is 11.8 Å². The second-order valence-corrected chi connectivity index (χ2v) is 4.85. The normalized spacial score (nSPS) is 17.2. The zero-order chi connectivity index (χ0) is 13.0. The van der Waals surface area contributed by atoms with Crippen molar-refractivity contribution in [3.63, 3.8) is 0 Å². The van der Waals surface area contributed by atoms with Crippen molar-refractivity contribution in [2.24, 2.45) is 11.8 Å². The highest BCUT2D eigenvalue weighted by molar-refractivity contribution is 5.85. The van der Waals surface area contributed by atoms with E-state index < -0.39 is 0 Å². The molecule has 1 N–H and O–H groups in total. The van der Waals surface area contributed by atoms with Gasteiger partial charge in [-0.3, -0.25) is 9.59 Å². The number of carbonyl (C=O) groups excluding carboxylic acids is 2. The van der Waals surface area contributed by atoms with Crippen molar-refractivity contribution in [3.8, 4) is 0 Å². The van der Waals surface area contributed by atoms with Gasteiger partial charge in [0.05, 0.1) is 6.54 Å². The Morgan fingerprint density at radius 1 is 1.35 bits per heavy atom. The lowest BCUT2D eigenvalue weighted by Crippen LogP contribution is -2.51. The molecule has 0 aromatic rings. The Hall–Kier alpha value is -1.10. The fraction of sp³-hybridized carbons (Fsp3) is 0.833. The van der Waals surface area contributed by atoms with Gasteiger partial charge in [-0.15, -0.1) is 0 Å². The summed E-state index contributed by atoms with van der Waals surface area (Å²) in [7, 11) is 3.42. The van der Waals surface area contributed by atoms with Gasteiger partial charge in [-0.2, -0.15) is 0 Å². The molecule has 0 saturated carbocycles. The van der Waals surface area contributed by atoms with Gasteiger partial charge in [0.25, 0.3) is 0 Å². The molecule has 0 bridgehead atoms. The van der Waals surface area contributed by atoms with E-state index in [-0.39, 0.29) is 24.3 Å². The van der Waals surface area contributed by atoms with Crippen LogP contribution >= 0.6 is 0 Å². The second-order valence-electron chi connectivity index (χ2n) is 4.85. The maximum Gasteiger partial charge on any atom is 0.241 e. The van der Waals surface area contributed by atoms with Crippen molar-refractivity contribution in [1.82, 2.24) is 15.1 Å². The Bertz CT molecular complexity index is 287. The van der Waals surface area contributed by atoms with Crippen LogP contribution in [-0.4, -0.2) is 61.9 Å². The molecule has 5 nitrogen and oxygen atoms in total. The number of nitrogens with zero attached hydrogens (tertiary/aromatic N) is 2. The van der Waals surface area contributed by atoms with Crippen LogP contribution in [0.3, 0.4) is 0 Å². The summed E-state index contributed by atoms with van der Waals surface area (Å²) in [6.45, 7) is 6.46. The zero-order valence-electron chi connectivity index (χ0n) is 11.2. The molecule has 1 rings (SSSR count). The minimum absolute atomic E-state index is 0.00571. The summed E-state index contributed by atoms with van der Waals surface area (Å²) >= 11 is 0. The van der Waals surface area contributed by atoms with Gasteiger partial charge >= 0.3 is 0 Å². The number of amides is 2. The minimum atomic E-state index is -0.0286. The van der Waals surface area contributed by atoms with Crippen LogP contribution in [0.1, 0.15) is 13.8 Å². The van der Waals surface area contributed by atoms with Crippen LogP contribution in [0.25, 0.3) is 0 Å². The van der Waals surface area contributed by atoms with Gasteiger partial charge in [0.15, 0.2) is 0 Å². The van der Waals surface area contributed by atoms with Crippen LogP contribution in [0.4, 0.5) is 0 Å². The Morgan fingerprint density at radius 2 is 1.94 bits per heavy atom. The van der Waals surface area contributed by atoms with E-state index in [4.69, 9.17) is 0 Å². The molecule has 1 unspecified atom stereocenters. The number of likely N-dealkylation sites (N-methyl/N-ethyl adjacent to an activating group) is 2. The van der Waals surface area contributed by atoms with E-state index in [0.29, 0.717) is 12.5 Å². The Kier molecular flexibility index (Phi) is 4.93. The summed E-state index contributed by atoms with van der Waals surface area (Å²) in [5.41, 5.74) is 0. The molecule has 2 amide bonds. The fourth-order valence-electron chi connectivity index (χ4n) is 1.80. The Balaban J connectivity index is 2.53. The molecule has 0 aliphatic carbocycles. The van der Waals surface area contributed by atoms with E-state index in [1.54, 1.807) is 19.0 Å². The average molecular weight is 241 g/mol. The van der Waals surface area contributed by atoms with Crippen molar-refractivity contribution in [3.05, 3.63) is 0 Å². The van der Waals surface area contributed by atoms with Crippen molar-refractivity contribution >= 4 is 11.8 Å². The lowest BCUT2D eigenvalue weighted by molar-refractivity contribution is -0.143. The van der Waals surface area contributed by atoms with Gasteiger partial charge in [0.2, 0.25) is 11.8 Å². The SMILES string of the molecule is CCN(CC(=O)N(C)C)C(=O)C(C)C1CNC1. The monoisotopic (exact) mass is 241 g/mol. The number of carbonyl (C=O) groups is 2. The number of rotatable bonds is 5. The Labute approximate surface area is 103 Å². The van der Waals surface area contributed by atoms with Gasteiger partial charge in [-0.1, -0.05) is 6.92 Å². The molecule has 0 aromatic carbocycles. The topological polar surface area (TPSA) is 52.7 Å². The van der Waals surface area contributed by atoms with Crippen LogP contribution in [0.2, 0.25) is 0 Å². The maximum atomic E-state index is 12.2. The third-order valence-electron chi connectivity index (χ3n) is 3.43. The van der Waals surface area contributed by atoms with Gasteiger partial charge in [-0.25, -0.2) is 0 Å². The van der Waals surface area contributed by atoms with Crippen molar-refractivity contribution < 1.29 is 9.59 Å². The molecule has 1 heterocycles. The van der Waals surface area contributed by atoms with E-state index in [0.717, 1.165) is 13.1 Å². The average Bonchev–Trinajstić information content (AvgIpc) is 2.21. The molecule has 1 fully saturated rings. The van der Waals surface area contributed by atoms with Crippen LogP contribution < -0.4 is 5.32 Å².